The maximum atomic E-state index is 12.9. The van der Waals surface area contributed by atoms with Crippen molar-refractivity contribution in [1.82, 2.24) is 24.7 Å². The van der Waals surface area contributed by atoms with E-state index in [4.69, 9.17) is 0 Å². The summed E-state index contributed by atoms with van der Waals surface area (Å²) in [6.07, 6.45) is 0. The van der Waals surface area contributed by atoms with E-state index in [1.54, 1.807) is 13.8 Å². The molecule has 0 radical (unpaired) electrons. The Balaban J connectivity index is 1.69. The van der Waals surface area contributed by atoms with Crippen molar-refractivity contribution in [3.05, 3.63) is 23.5 Å². The summed E-state index contributed by atoms with van der Waals surface area (Å²) < 4.78 is 27.2. The Hall–Kier alpha value is -2.20. The standard InChI is InChI=1S/C15H23N7O2S/c1-4-16-13-5-6-14(20-19-13)21-7-9-22(10-8-21)25(23,24)15-11(2)17-18-12(15)3/h5-6H,4,7-10H2,1-3H3,(H,16,19)(H,17,18). The first-order valence-electron chi connectivity index (χ1n) is 8.27. The number of H-pyrrole nitrogens is 1. The van der Waals surface area contributed by atoms with Crippen LogP contribution in [0.1, 0.15) is 18.3 Å². The van der Waals surface area contributed by atoms with Gasteiger partial charge in [0.15, 0.2) is 5.82 Å². The van der Waals surface area contributed by atoms with Gasteiger partial charge in [0, 0.05) is 32.7 Å². The number of nitrogens with zero attached hydrogens (tertiary/aromatic N) is 5. The number of hydrogen-bond acceptors (Lipinski definition) is 7. The minimum absolute atomic E-state index is 0.288. The minimum Gasteiger partial charge on any atom is -0.369 e. The number of aromatic nitrogens is 4. The predicted molar refractivity (Wildman–Crippen MR) is 95.2 cm³/mol. The van der Waals surface area contributed by atoms with Gasteiger partial charge in [-0.15, -0.1) is 10.2 Å². The topological polar surface area (TPSA) is 107 Å². The van der Waals surface area contributed by atoms with Crippen LogP contribution < -0.4 is 10.2 Å². The fourth-order valence-electron chi connectivity index (χ4n) is 2.98. The largest absolute Gasteiger partial charge is 0.369 e. The molecule has 0 unspecified atom stereocenters. The molecule has 0 bridgehead atoms. The van der Waals surface area contributed by atoms with E-state index in [0.29, 0.717) is 37.6 Å². The number of sulfonamides is 1. The van der Waals surface area contributed by atoms with Crippen LogP contribution in [-0.2, 0) is 10.0 Å². The molecule has 25 heavy (non-hydrogen) atoms. The van der Waals surface area contributed by atoms with Gasteiger partial charge in [-0.2, -0.15) is 9.40 Å². The molecule has 1 aliphatic rings. The maximum absolute atomic E-state index is 12.9. The molecule has 0 aromatic carbocycles. The lowest BCUT2D eigenvalue weighted by molar-refractivity contribution is 0.383. The Labute approximate surface area is 147 Å². The van der Waals surface area contributed by atoms with E-state index in [0.717, 1.165) is 18.2 Å². The van der Waals surface area contributed by atoms with Gasteiger partial charge in [0.25, 0.3) is 0 Å². The average Bonchev–Trinajstić information content (AvgIpc) is 2.95. The predicted octanol–water partition coefficient (Wildman–Crippen LogP) is 0.759. The van der Waals surface area contributed by atoms with Gasteiger partial charge in [0.2, 0.25) is 10.0 Å². The monoisotopic (exact) mass is 365 g/mol. The maximum Gasteiger partial charge on any atom is 0.246 e. The van der Waals surface area contributed by atoms with Crippen LogP contribution in [0.4, 0.5) is 11.6 Å². The molecule has 2 N–H and O–H groups in total. The molecular weight excluding hydrogens is 342 g/mol. The molecule has 1 fully saturated rings. The minimum atomic E-state index is -3.53. The molecule has 2 aromatic rings. The fraction of sp³-hybridized carbons (Fsp3) is 0.533. The highest BCUT2D eigenvalue weighted by Gasteiger charge is 2.32. The molecule has 0 aliphatic carbocycles. The van der Waals surface area contributed by atoms with Gasteiger partial charge in [-0.05, 0) is 32.9 Å². The van der Waals surface area contributed by atoms with E-state index in [1.807, 2.05) is 24.0 Å². The molecule has 0 spiro atoms. The second-order valence-corrected chi connectivity index (χ2v) is 7.84. The van der Waals surface area contributed by atoms with E-state index in [9.17, 15) is 8.42 Å². The lowest BCUT2D eigenvalue weighted by Gasteiger charge is -2.34. The Morgan fingerprint density at radius 2 is 1.88 bits per heavy atom. The lowest BCUT2D eigenvalue weighted by Crippen LogP contribution is -2.49. The highest BCUT2D eigenvalue weighted by Crippen LogP contribution is 2.23. The first kappa shape index (κ1) is 17.6. The Morgan fingerprint density at radius 1 is 1.16 bits per heavy atom. The quantitative estimate of drug-likeness (QED) is 0.805. The van der Waals surface area contributed by atoms with Crippen molar-refractivity contribution >= 4 is 21.7 Å². The van der Waals surface area contributed by atoms with Crippen LogP contribution in [0.25, 0.3) is 0 Å². The van der Waals surface area contributed by atoms with Crippen molar-refractivity contribution in [2.75, 3.05) is 42.9 Å². The third-order valence-electron chi connectivity index (χ3n) is 4.23. The van der Waals surface area contributed by atoms with E-state index >= 15 is 0 Å². The smallest absolute Gasteiger partial charge is 0.246 e. The zero-order valence-electron chi connectivity index (χ0n) is 14.7. The van der Waals surface area contributed by atoms with Gasteiger partial charge in [-0.3, -0.25) is 5.10 Å². The SMILES string of the molecule is CCNc1ccc(N2CCN(S(=O)(=O)c3c(C)n[nH]c3C)CC2)nn1. The summed E-state index contributed by atoms with van der Waals surface area (Å²) in [5, 5.41) is 18.2. The number of aryl methyl sites for hydroxylation is 2. The first-order chi connectivity index (χ1) is 11.9. The van der Waals surface area contributed by atoms with Crippen molar-refractivity contribution in [1.29, 1.82) is 0 Å². The van der Waals surface area contributed by atoms with Gasteiger partial charge in [0.05, 0.1) is 11.4 Å². The fourth-order valence-corrected chi connectivity index (χ4v) is 4.73. The summed E-state index contributed by atoms with van der Waals surface area (Å²) in [6.45, 7) is 8.18. The molecule has 9 nitrogen and oxygen atoms in total. The molecule has 2 aromatic heterocycles. The zero-order chi connectivity index (χ0) is 18.0. The Morgan fingerprint density at radius 3 is 2.40 bits per heavy atom. The number of rotatable bonds is 5. The highest BCUT2D eigenvalue weighted by atomic mass is 32.2. The summed E-state index contributed by atoms with van der Waals surface area (Å²) >= 11 is 0. The Kier molecular flexibility index (Phi) is 4.91. The number of anilines is 2. The molecule has 1 saturated heterocycles. The third kappa shape index (κ3) is 3.45. The molecule has 3 heterocycles. The van der Waals surface area contributed by atoms with Crippen LogP contribution in [0.15, 0.2) is 17.0 Å². The molecule has 136 valence electrons. The number of aromatic amines is 1. The molecule has 0 atom stereocenters. The summed E-state index contributed by atoms with van der Waals surface area (Å²) in [4.78, 5) is 2.33. The molecule has 0 saturated carbocycles. The summed E-state index contributed by atoms with van der Waals surface area (Å²) in [5.74, 6) is 1.49. The zero-order valence-corrected chi connectivity index (χ0v) is 15.5. The molecule has 0 amide bonds. The van der Waals surface area contributed by atoms with Crippen LogP contribution >= 0.6 is 0 Å². The van der Waals surface area contributed by atoms with E-state index in [2.05, 4.69) is 25.7 Å². The van der Waals surface area contributed by atoms with Gasteiger partial charge < -0.3 is 10.2 Å². The molecule has 3 rings (SSSR count). The van der Waals surface area contributed by atoms with Gasteiger partial charge in [0.1, 0.15) is 10.7 Å². The van der Waals surface area contributed by atoms with Crippen LogP contribution in [0.5, 0.6) is 0 Å². The highest BCUT2D eigenvalue weighted by molar-refractivity contribution is 7.89. The van der Waals surface area contributed by atoms with Crippen molar-refractivity contribution < 1.29 is 8.42 Å². The number of hydrogen-bond donors (Lipinski definition) is 2. The van der Waals surface area contributed by atoms with Crippen molar-refractivity contribution in [2.24, 2.45) is 0 Å². The lowest BCUT2D eigenvalue weighted by atomic mass is 10.3. The Bertz CT molecular complexity index is 805. The van der Waals surface area contributed by atoms with Crippen LogP contribution in [-0.4, -0.2) is 65.8 Å². The van der Waals surface area contributed by atoms with Gasteiger partial charge in [-0.25, -0.2) is 8.42 Å². The van der Waals surface area contributed by atoms with E-state index in [-0.39, 0.29) is 4.90 Å². The molecule has 1 aliphatic heterocycles. The average molecular weight is 365 g/mol. The van der Waals surface area contributed by atoms with Crippen LogP contribution in [0, 0.1) is 13.8 Å². The van der Waals surface area contributed by atoms with E-state index in [1.165, 1.54) is 4.31 Å². The normalized spacial score (nSPS) is 16.2. The van der Waals surface area contributed by atoms with Gasteiger partial charge >= 0.3 is 0 Å². The number of nitrogens with one attached hydrogen (secondary N) is 2. The number of piperazine rings is 1. The third-order valence-corrected chi connectivity index (χ3v) is 6.39. The van der Waals surface area contributed by atoms with Gasteiger partial charge in [-0.1, -0.05) is 0 Å². The van der Waals surface area contributed by atoms with Crippen molar-refractivity contribution in [2.45, 2.75) is 25.7 Å². The second-order valence-electron chi connectivity index (χ2n) is 5.96. The van der Waals surface area contributed by atoms with Crippen molar-refractivity contribution in [3.8, 4) is 0 Å². The van der Waals surface area contributed by atoms with Crippen LogP contribution in [0.3, 0.4) is 0 Å². The summed E-state index contributed by atoms with van der Waals surface area (Å²) in [6, 6.07) is 3.78. The van der Waals surface area contributed by atoms with E-state index < -0.39 is 10.0 Å². The van der Waals surface area contributed by atoms with Crippen LogP contribution in [0.2, 0.25) is 0 Å². The van der Waals surface area contributed by atoms with Crippen molar-refractivity contribution in [3.63, 3.8) is 0 Å². The summed E-state index contributed by atoms with van der Waals surface area (Å²) in [7, 11) is -3.53. The first-order valence-corrected chi connectivity index (χ1v) is 9.71. The molecular formula is C15H23N7O2S. The molecule has 10 heteroatoms. The second kappa shape index (κ2) is 6.96. The summed E-state index contributed by atoms with van der Waals surface area (Å²) in [5.41, 5.74) is 1.08.